The summed E-state index contributed by atoms with van der Waals surface area (Å²) in [5.74, 6) is 1.00. The molecule has 0 spiro atoms. The molecule has 132 valence electrons. The quantitative estimate of drug-likeness (QED) is 0.430. The highest BCUT2D eigenvalue weighted by Crippen LogP contribution is 2.24. The van der Waals surface area contributed by atoms with E-state index in [0.29, 0.717) is 37.9 Å². The number of fused-ring (bicyclic) bond motifs is 2. The Morgan fingerprint density at radius 1 is 1.15 bits per heavy atom. The standard InChI is InChI=1S/C18H16N4O2S2/c1-10(2)22-17(24)11-5-3-4-6-12(11)20-18(22)26-9-14-19-13-7-8-25-15(13)16(23)21-14/h3-8,10H,9H2,1-2H3,(H,19,21,23). The lowest BCUT2D eigenvalue weighted by Gasteiger charge is -2.15. The summed E-state index contributed by atoms with van der Waals surface area (Å²) in [5, 5.41) is 3.08. The van der Waals surface area contributed by atoms with Gasteiger partial charge in [-0.15, -0.1) is 11.3 Å². The van der Waals surface area contributed by atoms with Gasteiger partial charge in [-0.25, -0.2) is 9.97 Å². The molecule has 4 rings (SSSR count). The number of thiophene rings is 1. The smallest absolute Gasteiger partial charge is 0.268 e. The summed E-state index contributed by atoms with van der Waals surface area (Å²) < 4.78 is 2.32. The van der Waals surface area contributed by atoms with Crippen molar-refractivity contribution in [1.82, 2.24) is 19.5 Å². The van der Waals surface area contributed by atoms with Crippen molar-refractivity contribution < 1.29 is 0 Å². The molecule has 1 aromatic carbocycles. The van der Waals surface area contributed by atoms with Crippen molar-refractivity contribution in [2.45, 2.75) is 30.8 Å². The molecule has 0 aliphatic carbocycles. The first-order chi connectivity index (χ1) is 12.5. The number of nitrogens with zero attached hydrogens (tertiary/aromatic N) is 3. The first-order valence-corrected chi connectivity index (χ1v) is 10.0. The Morgan fingerprint density at radius 3 is 2.77 bits per heavy atom. The van der Waals surface area contributed by atoms with Crippen LogP contribution in [0.15, 0.2) is 50.5 Å². The number of hydrogen-bond acceptors (Lipinski definition) is 6. The third-order valence-electron chi connectivity index (χ3n) is 3.99. The van der Waals surface area contributed by atoms with Gasteiger partial charge in [0, 0.05) is 6.04 Å². The van der Waals surface area contributed by atoms with Crippen LogP contribution in [0, 0.1) is 0 Å². The van der Waals surface area contributed by atoms with Crippen molar-refractivity contribution in [1.29, 1.82) is 0 Å². The maximum atomic E-state index is 12.8. The van der Waals surface area contributed by atoms with Crippen LogP contribution < -0.4 is 11.1 Å². The number of thioether (sulfide) groups is 1. The highest BCUT2D eigenvalue weighted by Gasteiger charge is 2.15. The van der Waals surface area contributed by atoms with Crippen LogP contribution in [-0.4, -0.2) is 19.5 Å². The van der Waals surface area contributed by atoms with Crippen molar-refractivity contribution in [2.24, 2.45) is 0 Å². The lowest BCUT2D eigenvalue weighted by Crippen LogP contribution is -2.25. The first kappa shape index (κ1) is 17.0. The summed E-state index contributed by atoms with van der Waals surface area (Å²) in [7, 11) is 0. The Bertz CT molecular complexity index is 1220. The minimum absolute atomic E-state index is 0.0199. The Hall–Kier alpha value is -2.45. The average molecular weight is 384 g/mol. The van der Waals surface area contributed by atoms with Gasteiger partial charge in [0.25, 0.3) is 11.1 Å². The fourth-order valence-corrected chi connectivity index (χ4v) is 4.53. The minimum Gasteiger partial charge on any atom is -0.309 e. The molecule has 0 aliphatic rings. The van der Waals surface area contributed by atoms with Gasteiger partial charge in [0.15, 0.2) is 5.16 Å². The number of benzene rings is 1. The Balaban J connectivity index is 1.75. The zero-order valence-corrected chi connectivity index (χ0v) is 15.9. The zero-order chi connectivity index (χ0) is 18.3. The molecule has 8 heteroatoms. The maximum absolute atomic E-state index is 12.8. The van der Waals surface area contributed by atoms with Crippen LogP contribution in [0.4, 0.5) is 0 Å². The molecule has 0 unspecified atom stereocenters. The Labute approximate surface area is 156 Å². The fourth-order valence-electron chi connectivity index (χ4n) is 2.81. The molecule has 0 aliphatic heterocycles. The summed E-state index contributed by atoms with van der Waals surface area (Å²) in [4.78, 5) is 36.9. The number of aromatic amines is 1. The van der Waals surface area contributed by atoms with Crippen molar-refractivity contribution in [3.63, 3.8) is 0 Å². The van der Waals surface area contributed by atoms with Crippen LogP contribution in [0.5, 0.6) is 0 Å². The second-order valence-electron chi connectivity index (χ2n) is 6.12. The molecule has 0 atom stereocenters. The summed E-state index contributed by atoms with van der Waals surface area (Å²) in [6.07, 6.45) is 0. The van der Waals surface area contributed by atoms with E-state index in [9.17, 15) is 9.59 Å². The molecule has 0 saturated carbocycles. The van der Waals surface area contributed by atoms with Gasteiger partial charge in [0.2, 0.25) is 0 Å². The monoisotopic (exact) mass is 384 g/mol. The van der Waals surface area contributed by atoms with Crippen molar-refractivity contribution in [3.05, 3.63) is 62.2 Å². The second-order valence-corrected chi connectivity index (χ2v) is 7.98. The normalized spacial score (nSPS) is 11.7. The molecule has 0 bridgehead atoms. The summed E-state index contributed by atoms with van der Waals surface area (Å²) in [5.41, 5.74) is 1.19. The van der Waals surface area contributed by atoms with E-state index in [1.54, 1.807) is 10.6 Å². The van der Waals surface area contributed by atoms with E-state index < -0.39 is 0 Å². The van der Waals surface area contributed by atoms with E-state index in [2.05, 4.69) is 15.0 Å². The average Bonchev–Trinajstić information content (AvgIpc) is 3.09. The number of hydrogen-bond donors (Lipinski definition) is 1. The summed E-state index contributed by atoms with van der Waals surface area (Å²) in [6, 6.07) is 9.15. The lowest BCUT2D eigenvalue weighted by molar-refractivity contribution is 0.519. The van der Waals surface area contributed by atoms with Crippen LogP contribution in [0.25, 0.3) is 21.1 Å². The Kier molecular flexibility index (Phi) is 4.37. The van der Waals surface area contributed by atoms with Crippen LogP contribution >= 0.6 is 23.1 Å². The van der Waals surface area contributed by atoms with Gasteiger partial charge in [-0.2, -0.15) is 0 Å². The second kappa shape index (κ2) is 6.69. The van der Waals surface area contributed by atoms with Crippen LogP contribution in [-0.2, 0) is 5.75 Å². The van der Waals surface area contributed by atoms with Crippen LogP contribution in [0.3, 0.4) is 0 Å². The van der Waals surface area contributed by atoms with Gasteiger partial charge >= 0.3 is 0 Å². The fraction of sp³-hybridized carbons (Fsp3) is 0.222. The van der Waals surface area contributed by atoms with E-state index in [0.717, 1.165) is 0 Å². The van der Waals surface area contributed by atoms with Gasteiger partial charge in [0.05, 0.1) is 22.2 Å². The first-order valence-electron chi connectivity index (χ1n) is 8.15. The highest BCUT2D eigenvalue weighted by molar-refractivity contribution is 7.98. The molecule has 6 nitrogen and oxygen atoms in total. The predicted octanol–water partition coefficient (Wildman–Crippen LogP) is 3.57. The SMILES string of the molecule is CC(C)n1c(SCc2nc3ccsc3c(=O)[nH]2)nc2ccccc2c1=O. The lowest BCUT2D eigenvalue weighted by atomic mass is 10.2. The topological polar surface area (TPSA) is 80.6 Å². The Morgan fingerprint density at radius 2 is 1.96 bits per heavy atom. The van der Waals surface area contributed by atoms with Crippen LogP contribution in [0.2, 0.25) is 0 Å². The molecule has 0 amide bonds. The van der Waals surface area contributed by atoms with Crippen molar-refractivity contribution in [3.8, 4) is 0 Å². The highest BCUT2D eigenvalue weighted by atomic mass is 32.2. The zero-order valence-electron chi connectivity index (χ0n) is 14.2. The number of para-hydroxylation sites is 1. The molecule has 0 fully saturated rings. The van der Waals surface area contributed by atoms with Crippen molar-refractivity contribution >= 4 is 44.2 Å². The molecule has 3 aromatic heterocycles. The van der Waals surface area contributed by atoms with Crippen LogP contribution in [0.1, 0.15) is 25.7 Å². The van der Waals surface area contributed by atoms with Gasteiger partial charge in [-0.3, -0.25) is 14.2 Å². The number of aromatic nitrogens is 4. The number of H-pyrrole nitrogens is 1. The summed E-state index contributed by atoms with van der Waals surface area (Å²) in [6.45, 7) is 3.92. The summed E-state index contributed by atoms with van der Waals surface area (Å²) >= 11 is 2.78. The van der Waals surface area contributed by atoms with E-state index in [1.807, 2.05) is 43.5 Å². The van der Waals surface area contributed by atoms with E-state index >= 15 is 0 Å². The number of rotatable bonds is 4. The van der Waals surface area contributed by atoms with E-state index in [-0.39, 0.29) is 17.2 Å². The molecular weight excluding hydrogens is 368 g/mol. The molecule has 3 heterocycles. The van der Waals surface area contributed by atoms with Gasteiger partial charge in [-0.05, 0) is 37.4 Å². The predicted molar refractivity (Wildman–Crippen MR) is 106 cm³/mol. The van der Waals surface area contributed by atoms with Gasteiger partial charge < -0.3 is 4.98 Å². The van der Waals surface area contributed by atoms with E-state index in [1.165, 1.54) is 23.1 Å². The number of nitrogens with one attached hydrogen (secondary N) is 1. The largest absolute Gasteiger partial charge is 0.309 e. The third kappa shape index (κ3) is 2.95. The molecule has 4 aromatic rings. The molecule has 0 radical (unpaired) electrons. The third-order valence-corrected chi connectivity index (χ3v) is 5.86. The molecule has 26 heavy (non-hydrogen) atoms. The van der Waals surface area contributed by atoms with Gasteiger partial charge in [-0.1, -0.05) is 23.9 Å². The molecule has 0 saturated heterocycles. The van der Waals surface area contributed by atoms with E-state index in [4.69, 9.17) is 0 Å². The minimum atomic E-state index is -0.131. The van der Waals surface area contributed by atoms with Crippen molar-refractivity contribution in [2.75, 3.05) is 0 Å². The molecule has 1 N–H and O–H groups in total. The molecular formula is C18H16N4O2S2. The van der Waals surface area contributed by atoms with Gasteiger partial charge in [0.1, 0.15) is 10.5 Å². The maximum Gasteiger partial charge on any atom is 0.268 e.